The third-order valence-corrected chi connectivity index (χ3v) is 2.94. The molecule has 0 unspecified atom stereocenters. The van der Waals surface area contributed by atoms with Gasteiger partial charge in [-0.25, -0.2) is 0 Å². The average molecular weight is 256 g/mol. The fourth-order valence-electron chi connectivity index (χ4n) is 1.73. The Morgan fingerprint density at radius 1 is 0.778 bits per heavy atom. The van der Waals surface area contributed by atoms with Crippen molar-refractivity contribution in [2.45, 2.75) is 52.9 Å². The lowest BCUT2D eigenvalue weighted by atomic mass is 10.2. The normalized spacial score (nSPS) is 10.2. The molecule has 106 valence electrons. The Morgan fingerprint density at radius 3 is 1.83 bits per heavy atom. The number of hydrogen-bond acceptors (Lipinski definition) is 2. The number of hydrogen-bond donors (Lipinski definition) is 0. The number of nitrogens with zero attached hydrogens (tertiary/aromatic N) is 2. The predicted octanol–water partition coefficient (Wildman–Crippen LogP) is 2.28. The number of carbonyl (C=O) groups is 2. The van der Waals surface area contributed by atoms with Gasteiger partial charge in [0, 0.05) is 26.7 Å². The third kappa shape index (κ3) is 6.03. The Bertz CT molecular complexity index is 254. The highest BCUT2D eigenvalue weighted by atomic mass is 16.2. The van der Waals surface area contributed by atoms with Crippen LogP contribution >= 0.6 is 0 Å². The summed E-state index contributed by atoms with van der Waals surface area (Å²) in [5.41, 5.74) is 0. The Balaban J connectivity index is 4.39. The average Bonchev–Trinajstić information content (AvgIpc) is 2.39. The fraction of sp³-hybridized carbons (Fsp3) is 0.857. The molecule has 0 spiro atoms. The van der Waals surface area contributed by atoms with E-state index < -0.39 is 0 Å². The van der Waals surface area contributed by atoms with Crippen LogP contribution in [0.5, 0.6) is 0 Å². The molecule has 2 amide bonds. The van der Waals surface area contributed by atoms with Crippen molar-refractivity contribution in [3.63, 3.8) is 0 Å². The molecule has 4 heteroatoms. The minimum Gasteiger partial charge on any atom is -0.338 e. The molecule has 0 atom stereocenters. The number of likely N-dealkylation sites (N-methyl/N-ethyl adjacent to an activating group) is 1. The number of carbonyl (C=O) groups excluding carboxylic acids is 2. The molecule has 0 aliphatic heterocycles. The summed E-state index contributed by atoms with van der Waals surface area (Å²) in [5.74, 6) is -0.711. The van der Waals surface area contributed by atoms with E-state index >= 15 is 0 Å². The lowest BCUT2D eigenvalue weighted by Crippen LogP contribution is -2.44. The Kier molecular flexibility index (Phi) is 9.33. The lowest BCUT2D eigenvalue weighted by molar-refractivity contribution is -0.151. The Labute approximate surface area is 111 Å². The van der Waals surface area contributed by atoms with E-state index in [2.05, 4.69) is 13.8 Å². The van der Waals surface area contributed by atoms with Crippen LogP contribution in [0.25, 0.3) is 0 Å². The SMILES string of the molecule is CCCCN(C)C(=O)C(=O)N(CCC)CCCC. The van der Waals surface area contributed by atoms with E-state index in [9.17, 15) is 9.59 Å². The van der Waals surface area contributed by atoms with E-state index in [1.165, 1.54) is 0 Å². The van der Waals surface area contributed by atoms with Gasteiger partial charge < -0.3 is 9.80 Å². The number of unbranched alkanes of at least 4 members (excludes halogenated alkanes) is 2. The van der Waals surface area contributed by atoms with Crippen LogP contribution in [0.4, 0.5) is 0 Å². The summed E-state index contributed by atoms with van der Waals surface area (Å²) in [6, 6.07) is 0. The van der Waals surface area contributed by atoms with E-state index in [0.29, 0.717) is 19.6 Å². The summed E-state index contributed by atoms with van der Waals surface area (Å²) >= 11 is 0. The molecule has 0 aromatic heterocycles. The van der Waals surface area contributed by atoms with E-state index in [0.717, 1.165) is 32.1 Å². The molecule has 0 aromatic carbocycles. The van der Waals surface area contributed by atoms with Gasteiger partial charge in [0.15, 0.2) is 0 Å². The van der Waals surface area contributed by atoms with Crippen LogP contribution < -0.4 is 0 Å². The molecule has 0 rings (SSSR count). The zero-order chi connectivity index (χ0) is 14.0. The summed E-state index contributed by atoms with van der Waals surface area (Å²) in [7, 11) is 1.71. The highest BCUT2D eigenvalue weighted by molar-refractivity contribution is 6.34. The molecule has 0 bridgehead atoms. The van der Waals surface area contributed by atoms with Gasteiger partial charge in [0.25, 0.3) is 0 Å². The molecule has 0 aromatic rings. The molecule has 0 heterocycles. The monoisotopic (exact) mass is 256 g/mol. The van der Waals surface area contributed by atoms with E-state index in [1.807, 2.05) is 6.92 Å². The summed E-state index contributed by atoms with van der Waals surface area (Å²) < 4.78 is 0. The van der Waals surface area contributed by atoms with E-state index in [-0.39, 0.29) is 11.8 Å². The smallest absolute Gasteiger partial charge is 0.312 e. The quantitative estimate of drug-likeness (QED) is 0.625. The molecule has 0 saturated carbocycles. The summed E-state index contributed by atoms with van der Waals surface area (Å²) in [5, 5.41) is 0. The summed E-state index contributed by atoms with van der Waals surface area (Å²) in [4.78, 5) is 27.3. The van der Waals surface area contributed by atoms with Crippen LogP contribution in [-0.2, 0) is 9.59 Å². The third-order valence-electron chi connectivity index (χ3n) is 2.94. The topological polar surface area (TPSA) is 40.6 Å². The van der Waals surface area contributed by atoms with Crippen molar-refractivity contribution in [3.05, 3.63) is 0 Å². The predicted molar refractivity (Wildman–Crippen MR) is 74.3 cm³/mol. The first-order chi connectivity index (χ1) is 8.58. The van der Waals surface area contributed by atoms with Crippen LogP contribution in [-0.4, -0.2) is 48.3 Å². The second-order valence-electron chi connectivity index (χ2n) is 4.73. The van der Waals surface area contributed by atoms with Gasteiger partial charge in [-0.2, -0.15) is 0 Å². The molecule has 0 N–H and O–H groups in total. The Hall–Kier alpha value is -1.06. The van der Waals surface area contributed by atoms with E-state index in [1.54, 1.807) is 16.8 Å². The summed E-state index contributed by atoms with van der Waals surface area (Å²) in [6.45, 7) is 8.21. The maximum absolute atomic E-state index is 12.1. The van der Waals surface area contributed by atoms with Crippen molar-refractivity contribution < 1.29 is 9.59 Å². The van der Waals surface area contributed by atoms with Crippen molar-refractivity contribution >= 4 is 11.8 Å². The first-order valence-electron chi connectivity index (χ1n) is 7.12. The Morgan fingerprint density at radius 2 is 1.33 bits per heavy atom. The van der Waals surface area contributed by atoms with Crippen LogP contribution in [0.2, 0.25) is 0 Å². The molecule has 0 saturated heterocycles. The van der Waals surface area contributed by atoms with Crippen LogP contribution in [0.15, 0.2) is 0 Å². The molecule has 0 radical (unpaired) electrons. The van der Waals surface area contributed by atoms with Crippen LogP contribution in [0.1, 0.15) is 52.9 Å². The van der Waals surface area contributed by atoms with Crippen molar-refractivity contribution in [2.24, 2.45) is 0 Å². The van der Waals surface area contributed by atoms with Gasteiger partial charge in [-0.1, -0.05) is 33.6 Å². The van der Waals surface area contributed by atoms with Gasteiger partial charge in [-0.15, -0.1) is 0 Å². The van der Waals surface area contributed by atoms with Gasteiger partial charge in [0.1, 0.15) is 0 Å². The zero-order valence-electron chi connectivity index (χ0n) is 12.4. The molecule has 0 aliphatic carbocycles. The molecule has 18 heavy (non-hydrogen) atoms. The van der Waals surface area contributed by atoms with Gasteiger partial charge in [0.2, 0.25) is 0 Å². The second kappa shape index (κ2) is 9.92. The molecular weight excluding hydrogens is 228 g/mol. The van der Waals surface area contributed by atoms with Crippen LogP contribution in [0, 0.1) is 0 Å². The maximum Gasteiger partial charge on any atom is 0.312 e. The molecule has 0 fully saturated rings. The molecule has 4 nitrogen and oxygen atoms in total. The largest absolute Gasteiger partial charge is 0.338 e. The van der Waals surface area contributed by atoms with Gasteiger partial charge in [0.05, 0.1) is 0 Å². The minimum atomic E-state index is -0.368. The number of amides is 2. The first-order valence-corrected chi connectivity index (χ1v) is 7.12. The minimum absolute atomic E-state index is 0.344. The molecule has 0 aliphatic rings. The van der Waals surface area contributed by atoms with Crippen molar-refractivity contribution in [3.8, 4) is 0 Å². The lowest BCUT2D eigenvalue weighted by Gasteiger charge is -2.24. The van der Waals surface area contributed by atoms with Crippen molar-refractivity contribution in [2.75, 3.05) is 26.7 Å². The van der Waals surface area contributed by atoms with Gasteiger partial charge in [-0.05, 0) is 19.3 Å². The van der Waals surface area contributed by atoms with Gasteiger partial charge in [-0.3, -0.25) is 9.59 Å². The van der Waals surface area contributed by atoms with Gasteiger partial charge >= 0.3 is 11.8 Å². The highest BCUT2D eigenvalue weighted by Crippen LogP contribution is 2.01. The second-order valence-corrected chi connectivity index (χ2v) is 4.73. The van der Waals surface area contributed by atoms with Crippen LogP contribution in [0.3, 0.4) is 0 Å². The maximum atomic E-state index is 12.1. The summed E-state index contributed by atoms with van der Waals surface area (Å²) in [6.07, 6.45) is 4.85. The standard InChI is InChI=1S/C14H28N2O2/c1-5-8-11-15(4)13(17)14(18)16(10-7-3)12-9-6-2/h5-12H2,1-4H3. The van der Waals surface area contributed by atoms with Crippen molar-refractivity contribution in [1.82, 2.24) is 9.80 Å². The molecular formula is C14H28N2O2. The fourth-order valence-corrected chi connectivity index (χ4v) is 1.73. The van der Waals surface area contributed by atoms with Crippen molar-refractivity contribution in [1.29, 1.82) is 0 Å². The van der Waals surface area contributed by atoms with E-state index in [4.69, 9.17) is 0 Å². The number of rotatable bonds is 8. The highest BCUT2D eigenvalue weighted by Gasteiger charge is 2.23. The zero-order valence-corrected chi connectivity index (χ0v) is 12.4. The first kappa shape index (κ1) is 16.9.